The quantitative estimate of drug-likeness (QED) is 0.135. The van der Waals surface area contributed by atoms with E-state index in [9.17, 15) is 0 Å². The van der Waals surface area contributed by atoms with Crippen LogP contribution in [-0.4, -0.2) is 4.98 Å². The van der Waals surface area contributed by atoms with E-state index in [-0.39, 0.29) is 0 Å². The summed E-state index contributed by atoms with van der Waals surface area (Å²) in [4.78, 5) is 4.99. The minimum absolute atomic E-state index is 0.513. The smallest absolute Gasteiger partial charge is 0.239 e. The summed E-state index contributed by atoms with van der Waals surface area (Å²) in [6.07, 6.45) is 0. The van der Waals surface area contributed by atoms with Gasteiger partial charge in [0.05, 0.1) is 22.7 Å². The largest absolute Gasteiger partial charge is 0.397 e. The summed E-state index contributed by atoms with van der Waals surface area (Å²) in [5.74, 6) is 0. The Balaban J connectivity index is 1.65. The Labute approximate surface area is 208 Å². The summed E-state index contributed by atoms with van der Waals surface area (Å²) in [6.45, 7) is 0. The van der Waals surface area contributed by atoms with Crippen molar-refractivity contribution >= 4 is 56.2 Å². The molecule has 0 saturated carbocycles. The number of para-hydroxylation sites is 3. The summed E-state index contributed by atoms with van der Waals surface area (Å²) in [5.41, 5.74) is 21.7. The first-order valence-electron chi connectivity index (χ1n) is 11.7. The Bertz CT molecular complexity index is 1680. The molecular weight excluding hydrogens is 444 g/mol. The molecule has 0 amide bonds. The van der Waals surface area contributed by atoms with E-state index in [0.29, 0.717) is 11.4 Å². The molecule has 0 saturated heterocycles. The highest BCUT2D eigenvalue weighted by Gasteiger charge is 2.22. The average molecular weight is 470 g/mol. The summed E-state index contributed by atoms with van der Waals surface area (Å²) >= 11 is 0. The molecule has 6 N–H and O–H groups in total. The van der Waals surface area contributed by atoms with E-state index in [1.165, 1.54) is 0 Å². The number of nitrogens with zero attached hydrogens (tertiary/aromatic N) is 2. The van der Waals surface area contributed by atoms with E-state index in [1.54, 1.807) is 0 Å². The summed E-state index contributed by atoms with van der Waals surface area (Å²) < 4.78 is 2.18. The van der Waals surface area contributed by atoms with Crippen molar-refractivity contribution in [2.24, 2.45) is 0 Å². The molecule has 0 bridgehead atoms. The van der Waals surface area contributed by atoms with Crippen LogP contribution < -0.4 is 26.7 Å². The highest BCUT2D eigenvalue weighted by molar-refractivity contribution is 5.94. The van der Waals surface area contributed by atoms with Crippen LogP contribution in [0.5, 0.6) is 0 Å². The predicted octanol–water partition coefficient (Wildman–Crippen LogP) is 6.32. The molecule has 6 nitrogen and oxygen atoms in total. The molecule has 6 rings (SSSR count). The van der Waals surface area contributed by atoms with Gasteiger partial charge in [-0.3, -0.25) is 0 Å². The molecule has 0 aliphatic carbocycles. The first kappa shape index (κ1) is 21.4. The Morgan fingerprint density at radius 3 is 1.61 bits per heavy atom. The molecule has 0 aliphatic rings. The van der Waals surface area contributed by atoms with E-state index in [0.717, 1.165) is 50.5 Å². The monoisotopic (exact) mass is 469 g/mol. The molecule has 0 fully saturated rings. The molecule has 0 spiro atoms. The van der Waals surface area contributed by atoms with Gasteiger partial charge < -0.3 is 22.1 Å². The van der Waals surface area contributed by atoms with E-state index >= 15 is 0 Å². The van der Waals surface area contributed by atoms with Crippen molar-refractivity contribution < 1.29 is 4.57 Å². The highest BCUT2D eigenvalue weighted by atomic mass is 15.0. The van der Waals surface area contributed by atoms with Crippen LogP contribution in [0.4, 0.5) is 34.1 Å². The van der Waals surface area contributed by atoms with Crippen LogP contribution in [0.25, 0.3) is 27.8 Å². The number of hydrogen-bond acceptors (Lipinski definition) is 5. The molecule has 0 atom stereocenters. The fraction of sp³-hybridized carbons (Fsp3) is 0. The first-order chi connectivity index (χ1) is 17.7. The lowest BCUT2D eigenvalue weighted by atomic mass is 10.1. The number of aromatic nitrogens is 2. The second-order valence-electron chi connectivity index (χ2n) is 8.62. The fourth-order valence-electron chi connectivity index (χ4n) is 4.40. The zero-order chi connectivity index (χ0) is 24.5. The topological polar surface area (TPSA) is 92.9 Å². The Hall–Kier alpha value is -5.10. The normalized spacial score (nSPS) is 11.0. The molecule has 1 aromatic heterocycles. The van der Waals surface area contributed by atoms with Crippen LogP contribution in [0.2, 0.25) is 0 Å². The highest BCUT2D eigenvalue weighted by Crippen LogP contribution is 2.33. The number of hydrogen-bond donors (Lipinski definition) is 4. The Morgan fingerprint density at radius 1 is 0.528 bits per heavy atom. The summed E-state index contributed by atoms with van der Waals surface area (Å²) in [7, 11) is 0. The first-order valence-corrected chi connectivity index (χ1v) is 11.7. The molecule has 0 aliphatic heterocycles. The van der Waals surface area contributed by atoms with Gasteiger partial charge in [0, 0.05) is 35.6 Å². The Kier molecular flexibility index (Phi) is 5.31. The Morgan fingerprint density at radius 2 is 1.00 bits per heavy atom. The van der Waals surface area contributed by atoms with Crippen molar-refractivity contribution in [3.8, 4) is 5.69 Å². The summed E-state index contributed by atoms with van der Waals surface area (Å²) in [6, 6.07) is 38.4. The van der Waals surface area contributed by atoms with Gasteiger partial charge in [0.15, 0.2) is 0 Å². The zero-order valence-electron chi connectivity index (χ0n) is 19.5. The van der Waals surface area contributed by atoms with E-state index in [4.69, 9.17) is 16.5 Å². The van der Waals surface area contributed by atoms with Crippen molar-refractivity contribution in [1.29, 1.82) is 0 Å². The molecule has 6 heteroatoms. The van der Waals surface area contributed by atoms with Gasteiger partial charge in [-0.2, -0.15) is 0 Å². The van der Waals surface area contributed by atoms with Gasteiger partial charge in [-0.05, 0) is 36.4 Å². The molecule has 0 unspecified atom stereocenters. The van der Waals surface area contributed by atoms with Crippen molar-refractivity contribution in [2.45, 2.75) is 0 Å². The zero-order valence-corrected chi connectivity index (χ0v) is 19.5. The van der Waals surface area contributed by atoms with Crippen molar-refractivity contribution in [3.05, 3.63) is 115 Å². The maximum atomic E-state index is 6.23. The number of rotatable bonds is 5. The van der Waals surface area contributed by atoms with Gasteiger partial charge in [0.2, 0.25) is 16.7 Å². The molecule has 1 heterocycles. The van der Waals surface area contributed by atoms with Gasteiger partial charge in [0.25, 0.3) is 0 Å². The molecule has 5 aromatic carbocycles. The number of nitrogens with two attached hydrogens (primary N) is 2. The summed E-state index contributed by atoms with van der Waals surface area (Å²) in [5, 5.41) is 7.14. The number of anilines is 6. The van der Waals surface area contributed by atoms with Gasteiger partial charge in [0.1, 0.15) is 11.0 Å². The van der Waals surface area contributed by atoms with Gasteiger partial charge >= 0.3 is 0 Å². The second kappa shape index (κ2) is 8.92. The van der Waals surface area contributed by atoms with Crippen LogP contribution in [0.15, 0.2) is 115 Å². The molecular formula is C30H25N6+. The molecule has 36 heavy (non-hydrogen) atoms. The number of benzene rings is 5. The van der Waals surface area contributed by atoms with Gasteiger partial charge in [-0.15, -0.1) is 4.57 Å². The molecule has 0 radical (unpaired) electrons. The van der Waals surface area contributed by atoms with Crippen LogP contribution in [0, 0.1) is 0 Å². The fourth-order valence-corrected chi connectivity index (χ4v) is 4.40. The minimum atomic E-state index is 0.513. The van der Waals surface area contributed by atoms with Crippen LogP contribution in [0.1, 0.15) is 0 Å². The SMILES string of the molecule is Nc1cc2nc3cc(Nc4ccccc4)c(Nc4ccccc4)cc3[n+](-c3ccccc3)c2cc1N. The average Bonchev–Trinajstić information content (AvgIpc) is 2.91. The minimum Gasteiger partial charge on any atom is -0.397 e. The maximum absolute atomic E-state index is 6.23. The number of fused-ring (bicyclic) bond motifs is 2. The van der Waals surface area contributed by atoms with E-state index in [1.807, 2.05) is 91.0 Å². The van der Waals surface area contributed by atoms with Crippen molar-refractivity contribution in [1.82, 2.24) is 4.98 Å². The standard InChI is InChI=1S/C30H24N6/c31-23-16-27-29(17-24(23)32)36(22-14-8-3-9-15-22)30-19-26(34-21-12-6-2-7-13-21)25(18-28(30)35-27)33-20-10-4-1-5-11-20/h1-19H,(H5,31,32,33,34,35)/p+1. The van der Waals surface area contributed by atoms with Crippen LogP contribution >= 0.6 is 0 Å². The van der Waals surface area contributed by atoms with Crippen LogP contribution in [0.3, 0.4) is 0 Å². The third-order valence-corrected chi connectivity index (χ3v) is 6.14. The number of nitrogen functional groups attached to an aromatic ring is 2. The van der Waals surface area contributed by atoms with Crippen molar-refractivity contribution in [2.75, 3.05) is 22.1 Å². The predicted molar refractivity (Wildman–Crippen MR) is 149 cm³/mol. The lowest BCUT2D eigenvalue weighted by Gasteiger charge is -2.16. The van der Waals surface area contributed by atoms with E-state index in [2.05, 4.69) is 39.5 Å². The van der Waals surface area contributed by atoms with Gasteiger partial charge in [-0.25, -0.2) is 4.98 Å². The third kappa shape index (κ3) is 4.01. The lowest BCUT2D eigenvalue weighted by molar-refractivity contribution is -0.538. The number of nitrogens with one attached hydrogen (secondary N) is 2. The third-order valence-electron chi connectivity index (χ3n) is 6.14. The second-order valence-corrected chi connectivity index (χ2v) is 8.62. The van der Waals surface area contributed by atoms with Gasteiger partial charge in [-0.1, -0.05) is 54.6 Å². The molecule has 174 valence electrons. The van der Waals surface area contributed by atoms with Crippen molar-refractivity contribution in [3.63, 3.8) is 0 Å². The maximum Gasteiger partial charge on any atom is 0.239 e. The van der Waals surface area contributed by atoms with Crippen LogP contribution in [-0.2, 0) is 0 Å². The lowest BCUT2D eigenvalue weighted by Crippen LogP contribution is -2.33. The molecule has 6 aromatic rings. The van der Waals surface area contributed by atoms with E-state index < -0.39 is 0 Å².